The monoisotopic (exact) mass is 392 g/mol. The van der Waals surface area contributed by atoms with E-state index < -0.39 is 0 Å². The zero-order chi connectivity index (χ0) is 20.4. The number of aryl methyl sites for hydroxylation is 4. The van der Waals surface area contributed by atoms with Gasteiger partial charge in [-0.3, -0.25) is 4.98 Å². The van der Waals surface area contributed by atoms with Crippen molar-refractivity contribution in [3.63, 3.8) is 0 Å². The molecular weight excluding hydrogens is 360 g/mol. The van der Waals surface area contributed by atoms with E-state index in [1.165, 1.54) is 32.1 Å². The van der Waals surface area contributed by atoms with Crippen molar-refractivity contribution < 1.29 is 0 Å². The van der Waals surface area contributed by atoms with E-state index in [1.54, 1.807) is 0 Å². The Balaban J connectivity index is 1.67. The fraction of sp³-hybridized carbons (Fsp3) is 0.565. The SMILES string of the molecule is CCCCCCc1nc(-c2cc3nc(N4CCCC4)cc(C)n3n2)c(C)nc1C. The number of hydrogen-bond donors (Lipinski definition) is 0. The Bertz CT molecular complexity index is 1000. The molecule has 0 amide bonds. The Kier molecular flexibility index (Phi) is 5.79. The van der Waals surface area contributed by atoms with Crippen molar-refractivity contribution in [2.24, 2.45) is 0 Å². The van der Waals surface area contributed by atoms with E-state index in [0.717, 1.165) is 71.6 Å². The summed E-state index contributed by atoms with van der Waals surface area (Å²) in [7, 11) is 0. The zero-order valence-corrected chi connectivity index (χ0v) is 18.2. The Labute approximate surface area is 173 Å². The molecule has 1 fully saturated rings. The highest BCUT2D eigenvalue weighted by atomic mass is 15.3. The van der Waals surface area contributed by atoms with Crippen LogP contribution < -0.4 is 4.90 Å². The van der Waals surface area contributed by atoms with Gasteiger partial charge in [0.25, 0.3) is 0 Å². The third-order valence-electron chi connectivity index (χ3n) is 5.87. The van der Waals surface area contributed by atoms with E-state index in [2.05, 4.69) is 37.8 Å². The largest absolute Gasteiger partial charge is 0.356 e. The van der Waals surface area contributed by atoms with Crippen LogP contribution in [0.3, 0.4) is 0 Å². The molecule has 1 aliphatic heterocycles. The second kappa shape index (κ2) is 8.47. The summed E-state index contributed by atoms with van der Waals surface area (Å²) in [6.07, 6.45) is 8.41. The van der Waals surface area contributed by atoms with Crippen LogP contribution in [0.4, 0.5) is 5.82 Å². The van der Waals surface area contributed by atoms with Crippen LogP contribution in [0.25, 0.3) is 17.0 Å². The highest BCUT2D eigenvalue weighted by Gasteiger charge is 2.18. The highest BCUT2D eigenvalue weighted by Crippen LogP contribution is 2.25. The Morgan fingerprint density at radius 1 is 0.897 bits per heavy atom. The normalized spacial score (nSPS) is 14.3. The maximum absolute atomic E-state index is 4.99. The summed E-state index contributed by atoms with van der Waals surface area (Å²) in [4.78, 5) is 17.0. The van der Waals surface area contributed by atoms with Gasteiger partial charge in [-0.2, -0.15) is 5.10 Å². The molecule has 1 saturated heterocycles. The van der Waals surface area contributed by atoms with Gasteiger partial charge < -0.3 is 4.90 Å². The van der Waals surface area contributed by atoms with E-state index in [9.17, 15) is 0 Å². The van der Waals surface area contributed by atoms with Gasteiger partial charge in [0.15, 0.2) is 5.65 Å². The van der Waals surface area contributed by atoms with Crippen LogP contribution in [0.2, 0.25) is 0 Å². The summed E-state index contributed by atoms with van der Waals surface area (Å²) >= 11 is 0. The minimum absolute atomic E-state index is 0.860. The average Bonchev–Trinajstić information content (AvgIpc) is 3.36. The van der Waals surface area contributed by atoms with Crippen LogP contribution in [-0.2, 0) is 6.42 Å². The number of nitrogens with zero attached hydrogens (tertiary/aromatic N) is 6. The lowest BCUT2D eigenvalue weighted by molar-refractivity contribution is 0.657. The van der Waals surface area contributed by atoms with Crippen molar-refractivity contribution in [3.8, 4) is 11.4 Å². The van der Waals surface area contributed by atoms with Gasteiger partial charge in [0.1, 0.15) is 17.2 Å². The molecule has 154 valence electrons. The fourth-order valence-corrected chi connectivity index (χ4v) is 4.20. The molecule has 4 heterocycles. The number of anilines is 1. The van der Waals surface area contributed by atoms with Gasteiger partial charge in [-0.1, -0.05) is 26.2 Å². The van der Waals surface area contributed by atoms with E-state index in [-0.39, 0.29) is 0 Å². The first-order valence-electron chi connectivity index (χ1n) is 11.0. The predicted molar refractivity (Wildman–Crippen MR) is 118 cm³/mol. The maximum atomic E-state index is 4.99. The number of rotatable bonds is 7. The quantitative estimate of drug-likeness (QED) is 0.539. The molecular formula is C23H32N6. The van der Waals surface area contributed by atoms with Crippen molar-refractivity contribution in [2.45, 2.75) is 72.6 Å². The lowest BCUT2D eigenvalue weighted by Gasteiger charge is -2.16. The molecule has 4 rings (SSSR count). The lowest BCUT2D eigenvalue weighted by Crippen LogP contribution is -2.19. The first-order chi connectivity index (χ1) is 14.1. The molecule has 0 spiro atoms. The first kappa shape index (κ1) is 19.8. The summed E-state index contributed by atoms with van der Waals surface area (Å²) < 4.78 is 1.93. The van der Waals surface area contributed by atoms with Gasteiger partial charge in [0.05, 0.1) is 17.1 Å². The number of unbranched alkanes of at least 4 members (excludes halogenated alkanes) is 3. The second-order valence-corrected chi connectivity index (χ2v) is 8.25. The molecule has 3 aromatic heterocycles. The summed E-state index contributed by atoms with van der Waals surface area (Å²) in [5, 5.41) is 4.82. The van der Waals surface area contributed by atoms with E-state index >= 15 is 0 Å². The summed E-state index contributed by atoms with van der Waals surface area (Å²) in [6, 6.07) is 4.20. The first-order valence-corrected chi connectivity index (χ1v) is 11.0. The smallest absolute Gasteiger partial charge is 0.158 e. The van der Waals surface area contributed by atoms with Crippen LogP contribution in [0, 0.1) is 20.8 Å². The third-order valence-corrected chi connectivity index (χ3v) is 5.87. The van der Waals surface area contributed by atoms with Gasteiger partial charge in [-0.05, 0) is 46.5 Å². The molecule has 1 aliphatic rings. The van der Waals surface area contributed by atoms with Crippen LogP contribution in [0.15, 0.2) is 12.1 Å². The zero-order valence-electron chi connectivity index (χ0n) is 18.2. The van der Waals surface area contributed by atoms with Crippen LogP contribution >= 0.6 is 0 Å². The Hall–Kier alpha value is -2.50. The molecule has 0 unspecified atom stereocenters. The van der Waals surface area contributed by atoms with E-state index in [1.807, 2.05) is 11.4 Å². The summed E-state index contributed by atoms with van der Waals surface area (Å²) in [5.41, 5.74) is 6.79. The van der Waals surface area contributed by atoms with Crippen LogP contribution in [-0.4, -0.2) is 37.7 Å². The van der Waals surface area contributed by atoms with Crippen LogP contribution in [0.1, 0.15) is 68.2 Å². The highest BCUT2D eigenvalue weighted by molar-refractivity contribution is 5.64. The molecule has 0 N–H and O–H groups in total. The predicted octanol–water partition coefficient (Wildman–Crippen LogP) is 4.83. The van der Waals surface area contributed by atoms with E-state index in [0.29, 0.717) is 0 Å². The fourth-order valence-electron chi connectivity index (χ4n) is 4.20. The molecule has 0 radical (unpaired) electrons. The molecule has 0 atom stereocenters. The average molecular weight is 393 g/mol. The molecule has 6 nitrogen and oxygen atoms in total. The minimum atomic E-state index is 0.860. The summed E-state index contributed by atoms with van der Waals surface area (Å²) in [6.45, 7) is 10.6. The van der Waals surface area contributed by atoms with Crippen molar-refractivity contribution in [3.05, 3.63) is 34.9 Å². The number of aromatic nitrogens is 5. The molecule has 0 aliphatic carbocycles. The minimum Gasteiger partial charge on any atom is -0.356 e. The standard InChI is InChI=1S/C23H32N6/c1-5-6-7-8-11-19-17(3)24-18(4)23(25-19)20-15-22-26-21(28-12-9-10-13-28)14-16(2)29(22)27-20/h14-15H,5-13H2,1-4H3. The Morgan fingerprint density at radius 3 is 2.45 bits per heavy atom. The molecule has 6 heteroatoms. The lowest BCUT2D eigenvalue weighted by atomic mass is 10.1. The molecule has 29 heavy (non-hydrogen) atoms. The molecule has 0 aromatic carbocycles. The molecule has 0 saturated carbocycles. The van der Waals surface area contributed by atoms with Gasteiger partial charge in [-0.15, -0.1) is 0 Å². The topological polar surface area (TPSA) is 59.2 Å². The van der Waals surface area contributed by atoms with Gasteiger partial charge in [0, 0.05) is 30.9 Å². The maximum Gasteiger partial charge on any atom is 0.158 e. The summed E-state index contributed by atoms with van der Waals surface area (Å²) in [5.74, 6) is 1.06. The van der Waals surface area contributed by atoms with Crippen molar-refractivity contribution >= 4 is 11.5 Å². The number of fused-ring (bicyclic) bond motifs is 1. The van der Waals surface area contributed by atoms with Crippen molar-refractivity contribution in [1.29, 1.82) is 0 Å². The van der Waals surface area contributed by atoms with Gasteiger partial charge in [0.2, 0.25) is 0 Å². The van der Waals surface area contributed by atoms with Crippen molar-refractivity contribution in [2.75, 3.05) is 18.0 Å². The number of hydrogen-bond acceptors (Lipinski definition) is 5. The third kappa shape index (κ3) is 4.11. The van der Waals surface area contributed by atoms with Crippen molar-refractivity contribution in [1.82, 2.24) is 24.6 Å². The van der Waals surface area contributed by atoms with Gasteiger partial charge in [-0.25, -0.2) is 14.5 Å². The second-order valence-electron chi connectivity index (χ2n) is 8.25. The Morgan fingerprint density at radius 2 is 1.69 bits per heavy atom. The van der Waals surface area contributed by atoms with E-state index in [4.69, 9.17) is 20.1 Å². The molecule has 3 aromatic rings. The van der Waals surface area contributed by atoms with Gasteiger partial charge >= 0.3 is 0 Å². The molecule has 0 bridgehead atoms. The van der Waals surface area contributed by atoms with Crippen LogP contribution in [0.5, 0.6) is 0 Å².